The summed E-state index contributed by atoms with van der Waals surface area (Å²) in [6.07, 6.45) is 1.63. The fourth-order valence-electron chi connectivity index (χ4n) is 3.34. The van der Waals surface area contributed by atoms with Crippen LogP contribution in [-0.4, -0.2) is 85.8 Å². The molecule has 0 saturated carbocycles. The fourth-order valence-corrected chi connectivity index (χ4v) is 3.34. The third kappa shape index (κ3) is 8.66. The Labute approximate surface area is 202 Å². The van der Waals surface area contributed by atoms with E-state index < -0.39 is 0 Å². The minimum absolute atomic E-state index is 0. The van der Waals surface area contributed by atoms with E-state index in [9.17, 15) is 0 Å². The Morgan fingerprint density at radius 2 is 2.03 bits per heavy atom. The molecule has 1 aromatic carbocycles. The summed E-state index contributed by atoms with van der Waals surface area (Å²) < 4.78 is 10.8. The van der Waals surface area contributed by atoms with Crippen LogP contribution in [0, 0.1) is 0 Å². The smallest absolute Gasteiger partial charge is 0.194 e. The van der Waals surface area contributed by atoms with Gasteiger partial charge in [0.05, 0.1) is 12.2 Å². The molecule has 31 heavy (non-hydrogen) atoms. The molecular weight excluding hydrogens is 507 g/mol. The molecule has 0 aliphatic carbocycles. The van der Waals surface area contributed by atoms with E-state index in [4.69, 9.17) is 14.3 Å². The minimum atomic E-state index is 0. The van der Waals surface area contributed by atoms with E-state index in [0.29, 0.717) is 13.2 Å². The molecular formula is C22H35IN6O2. The van der Waals surface area contributed by atoms with E-state index in [-0.39, 0.29) is 24.0 Å². The van der Waals surface area contributed by atoms with Gasteiger partial charge in [0, 0.05) is 51.9 Å². The minimum Gasteiger partial charge on any atom is -0.492 e. The van der Waals surface area contributed by atoms with Crippen LogP contribution in [0.15, 0.2) is 46.1 Å². The quantitative estimate of drug-likeness (QED) is 0.297. The summed E-state index contributed by atoms with van der Waals surface area (Å²) in [4.78, 5) is 11.7. The Morgan fingerprint density at radius 1 is 1.23 bits per heavy atom. The molecule has 9 heteroatoms. The highest BCUT2D eigenvalue weighted by Gasteiger charge is 2.20. The summed E-state index contributed by atoms with van der Waals surface area (Å²) in [5, 5.41) is 7.45. The average molecular weight is 542 g/mol. The second-order valence-electron chi connectivity index (χ2n) is 7.72. The normalized spacial score (nSPS) is 15.1. The predicted octanol–water partition coefficient (Wildman–Crippen LogP) is 2.52. The average Bonchev–Trinajstić information content (AvgIpc) is 3.25. The summed E-state index contributed by atoms with van der Waals surface area (Å²) in [5.74, 6) is 1.87. The van der Waals surface area contributed by atoms with Gasteiger partial charge in [-0.05, 0) is 38.7 Å². The number of hydrogen-bond acceptors (Lipinski definition) is 6. The van der Waals surface area contributed by atoms with Crippen LogP contribution in [0.5, 0.6) is 5.75 Å². The van der Waals surface area contributed by atoms with E-state index in [1.165, 1.54) is 0 Å². The zero-order valence-corrected chi connectivity index (χ0v) is 21.1. The first-order valence-electron chi connectivity index (χ1n) is 10.7. The molecule has 8 nitrogen and oxygen atoms in total. The van der Waals surface area contributed by atoms with Crippen LogP contribution in [0.3, 0.4) is 0 Å². The standard InChI is InChI=1S/C22H34N6O2.HI/c1-4-23-22(28-11-9-27(10-12-28)18-20-8-14-30-25-20)24-17-19-6-5-7-21(16-19)29-15-13-26(2)3;/h5-8,14,16H,4,9-13,15,17-18H2,1-3H3,(H,23,24);1H. The van der Waals surface area contributed by atoms with Crippen molar-refractivity contribution >= 4 is 29.9 Å². The lowest BCUT2D eigenvalue weighted by Crippen LogP contribution is -2.52. The largest absolute Gasteiger partial charge is 0.492 e. The molecule has 1 saturated heterocycles. The van der Waals surface area contributed by atoms with Crippen molar-refractivity contribution in [1.82, 2.24) is 25.2 Å². The molecule has 172 valence electrons. The second-order valence-corrected chi connectivity index (χ2v) is 7.72. The van der Waals surface area contributed by atoms with Gasteiger partial charge < -0.3 is 24.4 Å². The fraction of sp³-hybridized carbons (Fsp3) is 0.545. The van der Waals surface area contributed by atoms with Crippen molar-refractivity contribution < 1.29 is 9.26 Å². The van der Waals surface area contributed by atoms with Crippen LogP contribution in [-0.2, 0) is 13.1 Å². The molecule has 0 bridgehead atoms. The summed E-state index contributed by atoms with van der Waals surface area (Å²) >= 11 is 0. The van der Waals surface area contributed by atoms with Gasteiger partial charge in [0.15, 0.2) is 5.96 Å². The molecule has 2 heterocycles. The molecule has 1 aliphatic heterocycles. The SMILES string of the molecule is CCNC(=NCc1cccc(OCCN(C)C)c1)N1CCN(Cc2ccon2)CC1.I. The van der Waals surface area contributed by atoms with E-state index in [2.05, 4.69) is 44.2 Å². The molecule has 3 rings (SSSR count). The highest BCUT2D eigenvalue weighted by molar-refractivity contribution is 14.0. The lowest BCUT2D eigenvalue weighted by molar-refractivity contribution is 0.169. The summed E-state index contributed by atoms with van der Waals surface area (Å²) in [7, 11) is 4.09. The summed E-state index contributed by atoms with van der Waals surface area (Å²) in [5.41, 5.74) is 2.13. The number of hydrogen-bond donors (Lipinski definition) is 1. The first-order chi connectivity index (χ1) is 14.6. The van der Waals surface area contributed by atoms with E-state index in [1.807, 2.05) is 32.3 Å². The number of nitrogens with one attached hydrogen (secondary N) is 1. The molecule has 2 aromatic rings. The van der Waals surface area contributed by atoms with Gasteiger partial charge in [0.1, 0.15) is 18.6 Å². The molecule has 0 unspecified atom stereocenters. The number of aliphatic imine (C=N–C) groups is 1. The topological polar surface area (TPSA) is 69.4 Å². The Morgan fingerprint density at radius 3 is 2.71 bits per heavy atom. The number of ether oxygens (including phenoxy) is 1. The van der Waals surface area contributed by atoms with Gasteiger partial charge in [-0.2, -0.15) is 0 Å². The highest BCUT2D eigenvalue weighted by atomic mass is 127. The van der Waals surface area contributed by atoms with Gasteiger partial charge in [0.2, 0.25) is 0 Å². The zero-order chi connectivity index (χ0) is 21.2. The van der Waals surface area contributed by atoms with Crippen LogP contribution in [0.1, 0.15) is 18.2 Å². The molecule has 1 fully saturated rings. The molecule has 1 N–H and O–H groups in total. The Balaban J connectivity index is 0.00000341. The maximum absolute atomic E-state index is 5.85. The Hall–Kier alpha value is -1.85. The number of guanidine groups is 1. The number of nitrogens with zero attached hydrogens (tertiary/aromatic N) is 5. The van der Waals surface area contributed by atoms with Crippen molar-refractivity contribution in [3.05, 3.63) is 47.9 Å². The van der Waals surface area contributed by atoms with Crippen molar-refractivity contribution in [3.8, 4) is 5.75 Å². The first kappa shape index (κ1) is 25.4. The Kier molecular flexibility index (Phi) is 11.1. The Bertz CT molecular complexity index is 776. The van der Waals surface area contributed by atoms with Gasteiger partial charge in [-0.3, -0.25) is 4.90 Å². The second kappa shape index (κ2) is 13.5. The van der Waals surface area contributed by atoms with E-state index >= 15 is 0 Å². The molecule has 0 radical (unpaired) electrons. The lowest BCUT2D eigenvalue weighted by atomic mass is 10.2. The van der Waals surface area contributed by atoms with Crippen molar-refractivity contribution in [2.45, 2.75) is 20.0 Å². The van der Waals surface area contributed by atoms with Gasteiger partial charge in [-0.15, -0.1) is 24.0 Å². The van der Waals surface area contributed by atoms with Crippen LogP contribution >= 0.6 is 24.0 Å². The molecule has 0 spiro atoms. The number of aromatic nitrogens is 1. The number of piperazine rings is 1. The maximum atomic E-state index is 5.85. The van der Waals surface area contributed by atoms with Gasteiger partial charge in [0.25, 0.3) is 0 Å². The predicted molar refractivity (Wildman–Crippen MR) is 134 cm³/mol. The van der Waals surface area contributed by atoms with Gasteiger partial charge >= 0.3 is 0 Å². The van der Waals surface area contributed by atoms with Crippen LogP contribution < -0.4 is 10.1 Å². The number of likely N-dealkylation sites (N-methyl/N-ethyl adjacent to an activating group) is 1. The first-order valence-corrected chi connectivity index (χ1v) is 10.7. The van der Waals surface area contributed by atoms with Crippen molar-refractivity contribution in [2.24, 2.45) is 4.99 Å². The number of halogens is 1. The molecule has 1 aliphatic rings. The van der Waals surface area contributed by atoms with Crippen LogP contribution in [0.4, 0.5) is 0 Å². The van der Waals surface area contributed by atoms with Crippen LogP contribution in [0.25, 0.3) is 0 Å². The number of rotatable bonds is 9. The zero-order valence-electron chi connectivity index (χ0n) is 18.8. The van der Waals surface area contributed by atoms with Crippen molar-refractivity contribution in [1.29, 1.82) is 0 Å². The number of benzene rings is 1. The summed E-state index contributed by atoms with van der Waals surface area (Å²) in [6, 6.07) is 10.1. The third-order valence-corrected chi connectivity index (χ3v) is 5.00. The van der Waals surface area contributed by atoms with E-state index in [1.54, 1.807) is 6.26 Å². The molecule has 0 amide bonds. The monoisotopic (exact) mass is 542 g/mol. The molecule has 1 aromatic heterocycles. The highest BCUT2D eigenvalue weighted by Crippen LogP contribution is 2.15. The third-order valence-electron chi connectivity index (χ3n) is 5.00. The maximum Gasteiger partial charge on any atom is 0.194 e. The van der Waals surface area contributed by atoms with E-state index in [0.717, 1.165) is 68.8 Å². The van der Waals surface area contributed by atoms with Crippen molar-refractivity contribution in [3.63, 3.8) is 0 Å². The van der Waals surface area contributed by atoms with Crippen molar-refractivity contribution in [2.75, 3.05) is 60.0 Å². The van der Waals surface area contributed by atoms with Gasteiger partial charge in [-0.1, -0.05) is 17.3 Å². The molecule has 0 atom stereocenters. The summed E-state index contributed by atoms with van der Waals surface area (Å²) in [6.45, 7) is 9.84. The van der Waals surface area contributed by atoms with Crippen LogP contribution in [0.2, 0.25) is 0 Å². The van der Waals surface area contributed by atoms with Gasteiger partial charge in [-0.25, -0.2) is 4.99 Å². The lowest BCUT2D eigenvalue weighted by Gasteiger charge is -2.36.